The summed E-state index contributed by atoms with van der Waals surface area (Å²) < 4.78 is 5.66. The van der Waals surface area contributed by atoms with Crippen molar-refractivity contribution in [2.75, 3.05) is 13.1 Å². The average Bonchev–Trinajstić information content (AvgIpc) is 3.24. The number of ether oxygens (including phenoxy) is 1. The highest BCUT2D eigenvalue weighted by Crippen LogP contribution is 2.23. The van der Waals surface area contributed by atoms with Crippen LogP contribution in [0, 0.1) is 6.92 Å². The maximum absolute atomic E-state index is 12.3. The monoisotopic (exact) mass is 395 g/mol. The maximum Gasteiger partial charge on any atom is 0.324 e. The summed E-state index contributed by atoms with van der Waals surface area (Å²) in [6.07, 6.45) is 0. The standard InChI is InChI=1S/C16H18ClN5O3S/c1-9-7-11(3-4-12(9)17)25-8-13-19-15(21-20-13)26-10(2)14(23)22-6-5-18-16(22)24/h3-4,7,10H,5-6,8H2,1-2H3,(H,18,24)(H,19,20,21)/t10-/m0/s1. The normalized spacial score (nSPS) is 15.0. The number of hydrogen-bond donors (Lipinski definition) is 2. The van der Waals surface area contributed by atoms with Gasteiger partial charge in [0.1, 0.15) is 12.4 Å². The molecule has 2 aromatic rings. The van der Waals surface area contributed by atoms with Gasteiger partial charge in [-0.2, -0.15) is 0 Å². The van der Waals surface area contributed by atoms with Crippen LogP contribution in [0.4, 0.5) is 4.79 Å². The fourth-order valence-electron chi connectivity index (χ4n) is 2.36. The molecule has 1 aliphatic rings. The molecule has 26 heavy (non-hydrogen) atoms. The zero-order chi connectivity index (χ0) is 18.7. The second kappa shape index (κ2) is 7.96. The lowest BCUT2D eigenvalue weighted by Crippen LogP contribution is -2.38. The molecule has 0 bridgehead atoms. The van der Waals surface area contributed by atoms with Gasteiger partial charge in [-0.25, -0.2) is 9.78 Å². The number of nitrogens with one attached hydrogen (secondary N) is 2. The Hall–Kier alpha value is -2.26. The topological polar surface area (TPSA) is 100 Å². The van der Waals surface area contributed by atoms with Gasteiger partial charge >= 0.3 is 6.03 Å². The minimum Gasteiger partial charge on any atom is -0.486 e. The van der Waals surface area contributed by atoms with E-state index in [-0.39, 0.29) is 18.5 Å². The number of benzene rings is 1. The van der Waals surface area contributed by atoms with Crippen molar-refractivity contribution in [2.45, 2.75) is 30.9 Å². The van der Waals surface area contributed by atoms with Crippen LogP contribution in [0.15, 0.2) is 23.4 Å². The van der Waals surface area contributed by atoms with Gasteiger partial charge in [0.2, 0.25) is 11.1 Å². The number of halogens is 1. The van der Waals surface area contributed by atoms with E-state index in [1.165, 1.54) is 16.7 Å². The molecule has 1 atom stereocenters. The Balaban J connectivity index is 1.54. The minimum atomic E-state index is -0.470. The SMILES string of the molecule is Cc1cc(OCc2nc(S[C@@H](C)C(=O)N3CCNC3=O)n[nH]2)ccc1Cl. The Morgan fingerprint density at radius 1 is 1.50 bits per heavy atom. The van der Waals surface area contributed by atoms with E-state index in [1.54, 1.807) is 19.1 Å². The van der Waals surface area contributed by atoms with Crippen molar-refractivity contribution in [1.82, 2.24) is 25.4 Å². The summed E-state index contributed by atoms with van der Waals surface area (Å²) in [6, 6.07) is 5.04. The van der Waals surface area contributed by atoms with Gasteiger partial charge in [0.15, 0.2) is 5.82 Å². The summed E-state index contributed by atoms with van der Waals surface area (Å²) in [4.78, 5) is 29.4. The van der Waals surface area contributed by atoms with Crippen LogP contribution in [0.2, 0.25) is 5.02 Å². The molecule has 1 saturated heterocycles. The summed E-state index contributed by atoms with van der Waals surface area (Å²) in [7, 11) is 0. The van der Waals surface area contributed by atoms with Gasteiger partial charge in [0, 0.05) is 18.1 Å². The predicted molar refractivity (Wildman–Crippen MR) is 97.3 cm³/mol. The van der Waals surface area contributed by atoms with Crippen LogP contribution in [0.5, 0.6) is 5.75 Å². The Bertz CT molecular complexity index is 828. The van der Waals surface area contributed by atoms with Crippen molar-refractivity contribution in [1.29, 1.82) is 0 Å². The smallest absolute Gasteiger partial charge is 0.324 e. The van der Waals surface area contributed by atoms with Crippen LogP contribution < -0.4 is 10.1 Å². The molecule has 0 spiro atoms. The molecule has 1 aliphatic heterocycles. The molecule has 0 aliphatic carbocycles. The molecule has 1 fully saturated rings. The molecule has 3 amide bonds. The van der Waals surface area contributed by atoms with Crippen molar-refractivity contribution in [2.24, 2.45) is 0 Å². The van der Waals surface area contributed by atoms with Crippen molar-refractivity contribution in [3.8, 4) is 5.75 Å². The zero-order valence-corrected chi connectivity index (χ0v) is 15.9. The second-order valence-electron chi connectivity index (χ2n) is 5.75. The number of nitrogens with zero attached hydrogens (tertiary/aromatic N) is 3. The van der Waals surface area contributed by atoms with Crippen molar-refractivity contribution >= 4 is 35.3 Å². The van der Waals surface area contributed by atoms with Gasteiger partial charge in [-0.3, -0.25) is 14.8 Å². The molecule has 1 aromatic carbocycles. The van der Waals surface area contributed by atoms with E-state index in [1.807, 2.05) is 13.0 Å². The minimum absolute atomic E-state index is 0.214. The number of urea groups is 1. The molecule has 0 radical (unpaired) electrons. The largest absolute Gasteiger partial charge is 0.486 e. The Labute approximate surface area is 159 Å². The summed E-state index contributed by atoms with van der Waals surface area (Å²) in [5, 5.41) is 10.1. The first-order valence-electron chi connectivity index (χ1n) is 8.00. The number of thioether (sulfide) groups is 1. The lowest BCUT2D eigenvalue weighted by molar-refractivity contribution is -0.126. The van der Waals surface area contributed by atoms with Crippen LogP contribution in [-0.4, -0.2) is 50.4 Å². The molecule has 1 aromatic heterocycles. The number of carbonyl (C=O) groups excluding carboxylic acids is 2. The Kier molecular flexibility index (Phi) is 5.67. The van der Waals surface area contributed by atoms with Gasteiger partial charge in [-0.15, -0.1) is 5.10 Å². The molecule has 2 heterocycles. The van der Waals surface area contributed by atoms with E-state index >= 15 is 0 Å². The molecule has 3 rings (SSSR count). The number of aromatic nitrogens is 3. The molecular weight excluding hydrogens is 378 g/mol. The third kappa shape index (κ3) is 4.28. The van der Waals surface area contributed by atoms with Crippen molar-refractivity contribution in [3.63, 3.8) is 0 Å². The predicted octanol–water partition coefficient (Wildman–Crippen LogP) is 2.38. The third-order valence-electron chi connectivity index (χ3n) is 3.77. The molecule has 0 unspecified atom stereocenters. The third-order valence-corrected chi connectivity index (χ3v) is 5.14. The number of H-pyrrole nitrogens is 1. The quantitative estimate of drug-likeness (QED) is 0.728. The summed E-state index contributed by atoms with van der Waals surface area (Å²) in [5.41, 5.74) is 0.927. The van der Waals surface area contributed by atoms with Crippen LogP contribution in [0.3, 0.4) is 0 Å². The second-order valence-corrected chi connectivity index (χ2v) is 7.46. The lowest BCUT2D eigenvalue weighted by Gasteiger charge is -2.15. The zero-order valence-electron chi connectivity index (χ0n) is 14.3. The number of aromatic amines is 1. The van der Waals surface area contributed by atoms with Crippen LogP contribution in [-0.2, 0) is 11.4 Å². The summed E-state index contributed by atoms with van der Waals surface area (Å²) in [5.74, 6) is 0.962. The summed E-state index contributed by atoms with van der Waals surface area (Å²) >= 11 is 7.18. The van der Waals surface area contributed by atoms with Gasteiger partial charge in [-0.05, 0) is 37.6 Å². The number of amides is 3. The fourth-order valence-corrected chi connectivity index (χ4v) is 3.29. The Morgan fingerprint density at radius 2 is 2.31 bits per heavy atom. The van der Waals surface area contributed by atoms with E-state index in [0.29, 0.717) is 34.8 Å². The maximum atomic E-state index is 12.3. The molecular formula is C16H18ClN5O3S. The first-order chi connectivity index (χ1) is 12.4. The van der Waals surface area contributed by atoms with E-state index in [9.17, 15) is 9.59 Å². The van der Waals surface area contributed by atoms with Gasteiger partial charge in [-0.1, -0.05) is 23.4 Å². The number of rotatable bonds is 6. The Morgan fingerprint density at radius 3 is 3.00 bits per heavy atom. The van der Waals surface area contributed by atoms with Crippen molar-refractivity contribution in [3.05, 3.63) is 34.6 Å². The molecule has 10 heteroatoms. The van der Waals surface area contributed by atoms with Gasteiger partial charge < -0.3 is 10.1 Å². The van der Waals surface area contributed by atoms with E-state index in [4.69, 9.17) is 16.3 Å². The van der Waals surface area contributed by atoms with E-state index in [2.05, 4.69) is 20.5 Å². The first kappa shape index (κ1) is 18.5. The molecule has 8 nitrogen and oxygen atoms in total. The molecule has 0 saturated carbocycles. The van der Waals surface area contributed by atoms with Gasteiger partial charge in [0.25, 0.3) is 0 Å². The average molecular weight is 396 g/mol. The lowest BCUT2D eigenvalue weighted by atomic mass is 10.2. The first-order valence-corrected chi connectivity index (χ1v) is 9.26. The molecule has 2 N–H and O–H groups in total. The highest BCUT2D eigenvalue weighted by molar-refractivity contribution is 8.00. The highest BCUT2D eigenvalue weighted by atomic mass is 35.5. The van der Waals surface area contributed by atoms with Crippen LogP contribution >= 0.6 is 23.4 Å². The number of aryl methyl sites for hydroxylation is 1. The van der Waals surface area contributed by atoms with Gasteiger partial charge in [0.05, 0.1) is 5.25 Å². The summed E-state index contributed by atoms with van der Waals surface area (Å²) in [6.45, 7) is 4.70. The van der Waals surface area contributed by atoms with Crippen molar-refractivity contribution < 1.29 is 14.3 Å². The molecule has 138 valence electrons. The number of carbonyl (C=O) groups is 2. The van der Waals surface area contributed by atoms with Crippen LogP contribution in [0.1, 0.15) is 18.3 Å². The van der Waals surface area contributed by atoms with E-state index < -0.39 is 5.25 Å². The van der Waals surface area contributed by atoms with E-state index in [0.717, 1.165) is 5.56 Å². The van der Waals surface area contributed by atoms with Crippen LogP contribution in [0.25, 0.3) is 0 Å². The fraction of sp³-hybridized carbons (Fsp3) is 0.375. The highest BCUT2D eigenvalue weighted by Gasteiger charge is 2.30. The number of imide groups is 1. The number of hydrogen-bond acceptors (Lipinski definition) is 6.